The quantitative estimate of drug-likeness (QED) is 0.671. The fourth-order valence-corrected chi connectivity index (χ4v) is 3.16. The molecule has 1 amide bonds. The van der Waals surface area contributed by atoms with Crippen molar-refractivity contribution in [3.63, 3.8) is 0 Å². The van der Waals surface area contributed by atoms with Crippen molar-refractivity contribution in [3.8, 4) is 0 Å². The number of halogens is 1. The second kappa shape index (κ2) is 8.50. The molecule has 0 radical (unpaired) electrons. The van der Waals surface area contributed by atoms with E-state index in [9.17, 15) is 9.18 Å². The molecule has 7 heteroatoms. The molecule has 2 aromatic carbocycles. The molecule has 1 aromatic heterocycles. The molecule has 1 aliphatic heterocycles. The molecule has 1 aliphatic rings. The highest BCUT2D eigenvalue weighted by Crippen LogP contribution is 2.23. The van der Waals surface area contributed by atoms with Crippen LogP contribution in [0.3, 0.4) is 0 Å². The second-order valence-electron chi connectivity index (χ2n) is 6.86. The van der Waals surface area contributed by atoms with E-state index in [0.29, 0.717) is 25.7 Å². The van der Waals surface area contributed by atoms with Crippen LogP contribution in [0.15, 0.2) is 53.1 Å². The van der Waals surface area contributed by atoms with Gasteiger partial charge in [0.1, 0.15) is 0 Å². The molecule has 0 saturated carbocycles. The van der Waals surface area contributed by atoms with Crippen LogP contribution in [0.5, 0.6) is 0 Å². The van der Waals surface area contributed by atoms with Gasteiger partial charge in [-0.05, 0) is 28.8 Å². The fraction of sp³-hybridized carbons (Fsp3) is 0.333. The lowest BCUT2D eigenvalue weighted by molar-refractivity contribution is -0.0672. The summed E-state index contributed by atoms with van der Waals surface area (Å²) in [5.74, 6) is -0.228. The molecule has 6 nitrogen and oxygen atoms in total. The van der Waals surface area contributed by atoms with Crippen LogP contribution in [0.25, 0.3) is 10.8 Å². The predicted octanol–water partition coefficient (Wildman–Crippen LogP) is 3.78. The minimum absolute atomic E-state index is 0.0332. The van der Waals surface area contributed by atoms with Crippen LogP contribution in [0, 0.1) is 5.92 Å². The molecular formula is C21H21FN2O4. The summed E-state index contributed by atoms with van der Waals surface area (Å²) < 4.78 is 29.8. The summed E-state index contributed by atoms with van der Waals surface area (Å²) in [5, 5.41) is 8.57. The van der Waals surface area contributed by atoms with Gasteiger partial charge in [0.05, 0.1) is 13.2 Å². The number of ether oxygens (including phenoxy) is 2. The molecule has 28 heavy (non-hydrogen) atoms. The average molecular weight is 384 g/mol. The van der Waals surface area contributed by atoms with Crippen molar-refractivity contribution in [1.29, 1.82) is 0 Å². The van der Waals surface area contributed by atoms with Crippen LogP contribution in [-0.2, 0) is 16.1 Å². The zero-order valence-electron chi connectivity index (χ0n) is 15.3. The summed E-state index contributed by atoms with van der Waals surface area (Å²) in [6.07, 6.45) is -0.886. The van der Waals surface area contributed by atoms with Crippen LogP contribution < -0.4 is 5.32 Å². The van der Waals surface area contributed by atoms with Crippen LogP contribution in [-0.4, -0.2) is 30.8 Å². The van der Waals surface area contributed by atoms with E-state index in [1.165, 1.54) is 6.07 Å². The van der Waals surface area contributed by atoms with Gasteiger partial charge in [-0.15, -0.1) is 0 Å². The van der Waals surface area contributed by atoms with E-state index in [-0.39, 0.29) is 18.1 Å². The molecule has 0 bridgehead atoms. The SMILES string of the molecule is O=C(NCC1CCOC1)c1cc(C(F)OCc2ccc3ccccc3c2)on1. The largest absolute Gasteiger partial charge is 0.381 e. The molecule has 1 N–H and O–H groups in total. The summed E-state index contributed by atoms with van der Waals surface area (Å²) in [6, 6.07) is 15.0. The first kappa shape index (κ1) is 18.6. The second-order valence-corrected chi connectivity index (χ2v) is 6.86. The van der Waals surface area contributed by atoms with E-state index in [4.69, 9.17) is 14.0 Å². The van der Waals surface area contributed by atoms with Crippen molar-refractivity contribution in [2.45, 2.75) is 19.4 Å². The standard InChI is InChI=1S/C21H21FN2O4/c22-20(27-13-14-5-6-16-3-1-2-4-17(16)9-14)19-10-18(24-28-19)21(25)23-11-15-7-8-26-12-15/h1-6,9-10,15,20H,7-8,11-13H2,(H,23,25). The number of fused-ring (bicyclic) bond motifs is 1. The van der Waals surface area contributed by atoms with E-state index in [2.05, 4.69) is 10.5 Å². The zero-order chi connectivity index (χ0) is 19.3. The van der Waals surface area contributed by atoms with Gasteiger partial charge in [0.25, 0.3) is 12.3 Å². The van der Waals surface area contributed by atoms with Crippen molar-refractivity contribution < 1.29 is 23.2 Å². The number of hydrogen-bond donors (Lipinski definition) is 1. The number of amides is 1. The molecule has 1 fully saturated rings. The number of carbonyl (C=O) groups is 1. The van der Waals surface area contributed by atoms with Crippen LogP contribution >= 0.6 is 0 Å². The van der Waals surface area contributed by atoms with Gasteiger partial charge in [-0.3, -0.25) is 4.79 Å². The first-order chi connectivity index (χ1) is 13.7. The topological polar surface area (TPSA) is 73.6 Å². The van der Waals surface area contributed by atoms with E-state index in [1.54, 1.807) is 0 Å². The monoisotopic (exact) mass is 384 g/mol. The molecule has 4 rings (SSSR count). The summed E-state index contributed by atoms with van der Waals surface area (Å²) in [7, 11) is 0. The van der Waals surface area contributed by atoms with Crippen LogP contribution in [0.1, 0.15) is 34.6 Å². The first-order valence-electron chi connectivity index (χ1n) is 9.25. The lowest BCUT2D eigenvalue weighted by atomic mass is 10.1. The summed E-state index contributed by atoms with van der Waals surface area (Å²) in [5.41, 5.74) is 0.878. The minimum atomic E-state index is -1.80. The van der Waals surface area contributed by atoms with Crippen LogP contribution in [0.2, 0.25) is 0 Å². The van der Waals surface area contributed by atoms with Gasteiger partial charge in [-0.25, -0.2) is 4.39 Å². The molecule has 0 aliphatic carbocycles. The Balaban J connectivity index is 1.31. The maximum absolute atomic E-state index is 14.3. The van der Waals surface area contributed by atoms with Crippen molar-refractivity contribution in [3.05, 3.63) is 65.5 Å². The maximum Gasteiger partial charge on any atom is 0.273 e. The maximum atomic E-state index is 14.3. The Hall–Kier alpha value is -2.77. The zero-order valence-corrected chi connectivity index (χ0v) is 15.3. The number of aromatic nitrogens is 1. The predicted molar refractivity (Wildman–Crippen MR) is 100 cm³/mol. The molecule has 146 valence electrons. The number of carbonyl (C=O) groups excluding carboxylic acids is 1. The number of nitrogens with zero attached hydrogens (tertiary/aromatic N) is 1. The third kappa shape index (κ3) is 4.37. The molecule has 2 unspecified atom stereocenters. The van der Waals surface area contributed by atoms with Gasteiger partial charge < -0.3 is 19.3 Å². The molecule has 2 heterocycles. The Labute approximate surface area is 161 Å². The molecule has 3 aromatic rings. The van der Waals surface area contributed by atoms with E-state index < -0.39 is 12.3 Å². The van der Waals surface area contributed by atoms with Gasteiger partial charge in [0.2, 0.25) is 0 Å². The first-order valence-corrected chi connectivity index (χ1v) is 9.25. The molecule has 2 atom stereocenters. The highest BCUT2D eigenvalue weighted by Gasteiger charge is 2.22. The Bertz CT molecular complexity index is 952. The smallest absolute Gasteiger partial charge is 0.273 e. The number of alkyl halides is 1. The van der Waals surface area contributed by atoms with Crippen molar-refractivity contribution in [1.82, 2.24) is 10.5 Å². The fourth-order valence-electron chi connectivity index (χ4n) is 3.16. The highest BCUT2D eigenvalue weighted by atomic mass is 19.1. The number of nitrogens with one attached hydrogen (secondary N) is 1. The third-order valence-corrected chi connectivity index (χ3v) is 4.77. The summed E-state index contributed by atoms with van der Waals surface area (Å²) in [6.45, 7) is 1.93. The van der Waals surface area contributed by atoms with Gasteiger partial charge in [-0.1, -0.05) is 41.6 Å². The Kier molecular flexibility index (Phi) is 5.64. The Morgan fingerprint density at radius 2 is 2.11 bits per heavy atom. The normalized spacial score (nSPS) is 17.7. The lowest BCUT2D eigenvalue weighted by Gasteiger charge is -2.08. The van der Waals surface area contributed by atoms with Gasteiger partial charge in [0, 0.05) is 25.1 Å². The van der Waals surface area contributed by atoms with Gasteiger partial charge in [-0.2, -0.15) is 0 Å². The minimum Gasteiger partial charge on any atom is -0.381 e. The van der Waals surface area contributed by atoms with Crippen molar-refractivity contribution in [2.24, 2.45) is 5.92 Å². The van der Waals surface area contributed by atoms with Crippen molar-refractivity contribution in [2.75, 3.05) is 19.8 Å². The van der Waals surface area contributed by atoms with Crippen molar-refractivity contribution >= 4 is 16.7 Å². The van der Waals surface area contributed by atoms with E-state index in [0.717, 1.165) is 22.8 Å². The van der Waals surface area contributed by atoms with E-state index in [1.807, 2.05) is 42.5 Å². The lowest BCUT2D eigenvalue weighted by Crippen LogP contribution is -2.29. The summed E-state index contributed by atoms with van der Waals surface area (Å²) >= 11 is 0. The molecule has 0 spiro atoms. The average Bonchev–Trinajstić information content (AvgIpc) is 3.42. The summed E-state index contributed by atoms with van der Waals surface area (Å²) in [4.78, 5) is 12.1. The Morgan fingerprint density at radius 1 is 1.25 bits per heavy atom. The number of hydrogen-bond acceptors (Lipinski definition) is 5. The number of benzene rings is 2. The number of rotatable bonds is 7. The van der Waals surface area contributed by atoms with Gasteiger partial charge >= 0.3 is 0 Å². The van der Waals surface area contributed by atoms with Gasteiger partial charge in [0.15, 0.2) is 11.5 Å². The molecule has 1 saturated heterocycles. The van der Waals surface area contributed by atoms with E-state index >= 15 is 0 Å². The van der Waals surface area contributed by atoms with Crippen LogP contribution in [0.4, 0.5) is 4.39 Å². The third-order valence-electron chi connectivity index (χ3n) is 4.77. The highest BCUT2D eigenvalue weighted by molar-refractivity contribution is 5.92. The Morgan fingerprint density at radius 3 is 2.93 bits per heavy atom. The molecular weight excluding hydrogens is 363 g/mol.